The minimum absolute atomic E-state index is 0. The van der Waals surface area contributed by atoms with Crippen LogP contribution in [0, 0.1) is 0 Å². The van der Waals surface area contributed by atoms with Gasteiger partial charge in [-0.25, -0.2) is 4.57 Å². The van der Waals surface area contributed by atoms with Crippen LogP contribution in [0.4, 0.5) is 0 Å². The van der Waals surface area contributed by atoms with Gasteiger partial charge in [0.2, 0.25) is 5.69 Å². The van der Waals surface area contributed by atoms with E-state index in [1.807, 2.05) is 11.8 Å². The number of pyridine rings is 1. The number of thioether (sulfide) groups is 1. The first-order valence-corrected chi connectivity index (χ1v) is 7.49. The van der Waals surface area contributed by atoms with Gasteiger partial charge >= 0.3 is 0 Å². The molecule has 2 rings (SSSR count). The first-order valence-electron chi connectivity index (χ1n) is 6.26. The normalized spacial score (nSPS) is 16.3. The second kappa shape index (κ2) is 8.04. The third kappa shape index (κ3) is 4.16. The van der Waals surface area contributed by atoms with Gasteiger partial charge in [-0.3, -0.25) is 0 Å². The monoisotopic (exact) mass is 376 g/mol. The average Bonchev–Trinajstić information content (AvgIpc) is 2.39. The van der Waals surface area contributed by atoms with Crippen molar-refractivity contribution in [2.24, 2.45) is 7.05 Å². The Labute approximate surface area is 131 Å². The lowest BCUT2D eigenvalue weighted by Crippen LogP contribution is -3.00. The predicted octanol–water partition coefficient (Wildman–Crippen LogP) is -0.338. The maximum Gasteiger partial charge on any atom is 0.207 e. The Kier molecular flexibility index (Phi) is 7.07. The van der Waals surface area contributed by atoms with Gasteiger partial charge in [0.15, 0.2) is 6.20 Å². The van der Waals surface area contributed by atoms with Gasteiger partial charge in [0.1, 0.15) is 7.05 Å². The maximum absolute atomic E-state index is 2.52. The molecule has 1 aromatic rings. The van der Waals surface area contributed by atoms with Crippen LogP contribution in [0.15, 0.2) is 29.4 Å². The zero-order valence-electron chi connectivity index (χ0n) is 11.1. The third-order valence-electron chi connectivity index (χ3n) is 3.24. The molecule has 1 aliphatic rings. The van der Waals surface area contributed by atoms with E-state index in [4.69, 9.17) is 0 Å². The fourth-order valence-corrected chi connectivity index (χ4v) is 2.89. The number of rotatable bonds is 3. The van der Waals surface area contributed by atoms with Crippen molar-refractivity contribution in [3.63, 3.8) is 0 Å². The van der Waals surface area contributed by atoms with E-state index in [0.29, 0.717) is 0 Å². The summed E-state index contributed by atoms with van der Waals surface area (Å²) >= 11 is 1.85. The second-order valence-corrected chi connectivity index (χ2v) is 5.30. The van der Waals surface area contributed by atoms with Crippen LogP contribution >= 0.6 is 11.8 Å². The number of aromatic nitrogens is 1. The maximum atomic E-state index is 2.52. The van der Waals surface area contributed by atoms with Crippen LogP contribution < -0.4 is 28.5 Å². The van der Waals surface area contributed by atoms with Gasteiger partial charge in [0.05, 0.1) is 5.03 Å². The molecular weight excluding hydrogens is 355 g/mol. The Balaban J connectivity index is 0.00000162. The molecule has 0 radical (unpaired) electrons. The number of nitrogens with zero attached hydrogens (tertiary/aromatic N) is 2. The van der Waals surface area contributed by atoms with E-state index >= 15 is 0 Å². The SMILES string of the molecule is CS/C(=C/c1cccc[n+]1C)N1CCCCC1.[I-]. The quantitative estimate of drug-likeness (QED) is 0.527. The summed E-state index contributed by atoms with van der Waals surface area (Å²) in [6.07, 6.45) is 10.6. The second-order valence-electron chi connectivity index (χ2n) is 4.47. The van der Waals surface area contributed by atoms with E-state index < -0.39 is 0 Å². The summed E-state index contributed by atoms with van der Waals surface area (Å²) in [6.45, 7) is 2.42. The molecule has 1 saturated heterocycles. The Hall–Kier alpha value is -0.230. The van der Waals surface area contributed by atoms with Gasteiger partial charge < -0.3 is 28.9 Å². The molecule has 100 valence electrons. The molecule has 1 fully saturated rings. The Morgan fingerprint density at radius 2 is 2.00 bits per heavy atom. The largest absolute Gasteiger partial charge is 1.00 e. The molecule has 2 nitrogen and oxygen atoms in total. The highest BCUT2D eigenvalue weighted by Gasteiger charge is 2.14. The number of likely N-dealkylation sites (tertiary alicyclic amines) is 1. The van der Waals surface area contributed by atoms with Crippen molar-refractivity contribution in [1.29, 1.82) is 0 Å². The van der Waals surface area contributed by atoms with Crippen LogP contribution in [0.2, 0.25) is 0 Å². The van der Waals surface area contributed by atoms with Crippen LogP contribution in [-0.2, 0) is 7.05 Å². The van der Waals surface area contributed by atoms with Crippen LogP contribution in [0.25, 0.3) is 6.08 Å². The molecule has 1 aromatic heterocycles. The van der Waals surface area contributed by atoms with Gasteiger partial charge in [-0.15, -0.1) is 11.8 Å². The first-order chi connectivity index (χ1) is 8.31. The van der Waals surface area contributed by atoms with E-state index in [1.54, 1.807) is 0 Å². The highest BCUT2D eigenvalue weighted by Crippen LogP contribution is 2.23. The lowest BCUT2D eigenvalue weighted by Gasteiger charge is -2.29. The lowest BCUT2D eigenvalue weighted by molar-refractivity contribution is -0.673. The van der Waals surface area contributed by atoms with Crippen LogP contribution in [-0.4, -0.2) is 24.2 Å². The summed E-state index contributed by atoms with van der Waals surface area (Å²) in [4.78, 5) is 2.52. The zero-order valence-corrected chi connectivity index (χ0v) is 14.1. The molecular formula is C14H21IN2S. The van der Waals surface area contributed by atoms with Crippen molar-refractivity contribution in [2.45, 2.75) is 19.3 Å². The van der Waals surface area contributed by atoms with Gasteiger partial charge in [-0.1, -0.05) is 0 Å². The molecule has 0 unspecified atom stereocenters. The van der Waals surface area contributed by atoms with Gasteiger partial charge in [-0.05, 0) is 31.6 Å². The van der Waals surface area contributed by atoms with Crippen molar-refractivity contribution in [3.05, 3.63) is 35.1 Å². The number of aryl methyl sites for hydroxylation is 1. The minimum atomic E-state index is 0. The molecule has 4 heteroatoms. The average molecular weight is 376 g/mol. The molecule has 0 amide bonds. The minimum Gasteiger partial charge on any atom is -1.00 e. The summed E-state index contributed by atoms with van der Waals surface area (Å²) in [5, 5.41) is 1.39. The summed E-state index contributed by atoms with van der Waals surface area (Å²) in [5.74, 6) is 0. The van der Waals surface area contributed by atoms with E-state index in [2.05, 4.69) is 53.2 Å². The highest BCUT2D eigenvalue weighted by molar-refractivity contribution is 8.02. The van der Waals surface area contributed by atoms with Crippen molar-refractivity contribution in [1.82, 2.24) is 4.90 Å². The first kappa shape index (κ1) is 15.8. The molecule has 18 heavy (non-hydrogen) atoms. The van der Waals surface area contributed by atoms with Crippen LogP contribution in [0.5, 0.6) is 0 Å². The lowest BCUT2D eigenvalue weighted by atomic mass is 10.1. The van der Waals surface area contributed by atoms with Crippen LogP contribution in [0.1, 0.15) is 25.0 Å². The third-order valence-corrected chi connectivity index (χ3v) is 4.04. The molecule has 0 saturated carbocycles. The van der Waals surface area contributed by atoms with E-state index in [0.717, 1.165) is 0 Å². The number of hydrogen-bond acceptors (Lipinski definition) is 2. The van der Waals surface area contributed by atoms with E-state index in [-0.39, 0.29) is 24.0 Å². The van der Waals surface area contributed by atoms with Gasteiger partial charge in [0.25, 0.3) is 0 Å². The summed E-state index contributed by atoms with van der Waals surface area (Å²) in [7, 11) is 2.10. The Bertz CT molecular complexity index is 401. The number of piperidine rings is 1. The number of hydrogen-bond donors (Lipinski definition) is 0. The van der Waals surface area contributed by atoms with Gasteiger partial charge in [0, 0.05) is 31.3 Å². The molecule has 1 aliphatic heterocycles. The molecule has 0 spiro atoms. The summed E-state index contributed by atoms with van der Waals surface area (Å²) in [6, 6.07) is 6.33. The standard InChI is InChI=1S/C14H21N2S.HI/c1-15-9-7-4-8-13(15)12-14(17-2)16-10-5-3-6-11-16;/h4,7-9,12H,3,5-6,10-11H2,1-2H3;1H/q+1;/p-1. The summed E-state index contributed by atoms with van der Waals surface area (Å²) in [5.41, 5.74) is 1.27. The Morgan fingerprint density at radius 3 is 2.61 bits per heavy atom. The molecule has 0 N–H and O–H groups in total. The number of halogens is 1. The Morgan fingerprint density at radius 1 is 1.28 bits per heavy atom. The topological polar surface area (TPSA) is 7.12 Å². The molecule has 0 bridgehead atoms. The van der Waals surface area contributed by atoms with Crippen LogP contribution in [0.3, 0.4) is 0 Å². The van der Waals surface area contributed by atoms with Crippen molar-refractivity contribution >= 4 is 17.8 Å². The zero-order chi connectivity index (χ0) is 12.1. The fourth-order valence-electron chi connectivity index (χ4n) is 2.21. The smallest absolute Gasteiger partial charge is 0.207 e. The van der Waals surface area contributed by atoms with Gasteiger partial charge in [-0.2, -0.15) is 0 Å². The van der Waals surface area contributed by atoms with E-state index in [9.17, 15) is 0 Å². The summed E-state index contributed by atoms with van der Waals surface area (Å²) < 4.78 is 2.17. The highest BCUT2D eigenvalue weighted by atomic mass is 127. The van der Waals surface area contributed by atoms with Crippen molar-refractivity contribution in [2.75, 3.05) is 19.3 Å². The van der Waals surface area contributed by atoms with Crippen molar-refractivity contribution < 1.29 is 28.5 Å². The molecule has 0 atom stereocenters. The molecule has 0 aromatic carbocycles. The van der Waals surface area contributed by atoms with Crippen molar-refractivity contribution in [3.8, 4) is 0 Å². The van der Waals surface area contributed by atoms with E-state index in [1.165, 1.54) is 43.1 Å². The fraction of sp³-hybridized carbons (Fsp3) is 0.500. The molecule has 0 aliphatic carbocycles. The predicted molar refractivity (Wildman–Crippen MR) is 74.5 cm³/mol. The molecule has 2 heterocycles.